The summed E-state index contributed by atoms with van der Waals surface area (Å²) in [5.74, 6) is 0.234. The molecule has 0 saturated heterocycles. The SMILES string of the molecule is CC(C)Oc1nc2ccc(C(=O)NCCCc3ncc[nH]3)cc2nc1-c1cc(C#N)ccc1F. The summed E-state index contributed by atoms with van der Waals surface area (Å²) in [6, 6.07) is 11.0. The Morgan fingerprint density at radius 2 is 2.06 bits per heavy atom. The van der Waals surface area contributed by atoms with Crippen molar-refractivity contribution >= 4 is 16.9 Å². The van der Waals surface area contributed by atoms with Crippen molar-refractivity contribution in [2.75, 3.05) is 6.54 Å². The van der Waals surface area contributed by atoms with Gasteiger partial charge in [-0.2, -0.15) is 5.26 Å². The molecule has 34 heavy (non-hydrogen) atoms. The van der Waals surface area contributed by atoms with Gasteiger partial charge in [0.2, 0.25) is 5.88 Å². The number of H-pyrrole nitrogens is 1. The van der Waals surface area contributed by atoms with Crippen LogP contribution >= 0.6 is 0 Å². The van der Waals surface area contributed by atoms with Crippen LogP contribution in [-0.4, -0.2) is 38.5 Å². The Morgan fingerprint density at radius 1 is 1.21 bits per heavy atom. The van der Waals surface area contributed by atoms with Gasteiger partial charge in [0.1, 0.15) is 17.3 Å². The molecule has 0 aliphatic rings. The lowest BCUT2D eigenvalue weighted by Crippen LogP contribution is -2.24. The van der Waals surface area contributed by atoms with Gasteiger partial charge in [-0.25, -0.2) is 19.3 Å². The molecule has 172 valence electrons. The lowest BCUT2D eigenvalue weighted by molar-refractivity contribution is 0.0953. The third-order valence-corrected chi connectivity index (χ3v) is 5.02. The van der Waals surface area contributed by atoms with Crippen molar-refractivity contribution in [3.05, 3.63) is 71.6 Å². The molecule has 8 nitrogen and oxygen atoms in total. The van der Waals surface area contributed by atoms with Crippen molar-refractivity contribution in [1.82, 2.24) is 25.3 Å². The quantitative estimate of drug-likeness (QED) is 0.383. The van der Waals surface area contributed by atoms with E-state index in [9.17, 15) is 14.4 Å². The third-order valence-electron chi connectivity index (χ3n) is 5.02. The Bertz CT molecular complexity index is 1360. The number of imidazole rings is 1. The molecule has 2 N–H and O–H groups in total. The summed E-state index contributed by atoms with van der Waals surface area (Å²) in [5, 5.41) is 12.1. The topological polar surface area (TPSA) is 117 Å². The number of amides is 1. The van der Waals surface area contributed by atoms with Crippen LogP contribution in [0, 0.1) is 17.1 Å². The number of aromatic nitrogens is 4. The van der Waals surface area contributed by atoms with E-state index in [1.807, 2.05) is 19.9 Å². The standard InChI is InChI=1S/C25H23FN6O2/c1-15(2)34-25-23(18-12-16(14-27)5-7-19(18)26)31-21-13-17(6-8-20(21)32-25)24(33)30-9-3-4-22-28-10-11-29-22/h5-8,10-13,15H,3-4,9H2,1-2H3,(H,28,29)(H,30,33). The Hall–Kier alpha value is -4.32. The smallest absolute Gasteiger partial charge is 0.251 e. The molecule has 0 bridgehead atoms. The van der Waals surface area contributed by atoms with Crippen LogP contribution in [0.1, 0.15) is 42.0 Å². The lowest BCUT2D eigenvalue weighted by atomic mass is 10.1. The highest BCUT2D eigenvalue weighted by molar-refractivity contribution is 5.97. The number of nitrogens with one attached hydrogen (secondary N) is 2. The van der Waals surface area contributed by atoms with Crippen LogP contribution in [0.2, 0.25) is 0 Å². The number of rotatable bonds is 8. The summed E-state index contributed by atoms with van der Waals surface area (Å²) < 4.78 is 20.5. The van der Waals surface area contributed by atoms with E-state index in [4.69, 9.17) is 4.74 Å². The van der Waals surface area contributed by atoms with E-state index in [1.165, 1.54) is 18.2 Å². The number of halogens is 1. The average Bonchev–Trinajstić information content (AvgIpc) is 3.35. The van der Waals surface area contributed by atoms with Gasteiger partial charge >= 0.3 is 0 Å². The van der Waals surface area contributed by atoms with Gasteiger partial charge in [-0.15, -0.1) is 0 Å². The van der Waals surface area contributed by atoms with Gasteiger partial charge in [-0.3, -0.25) is 4.79 Å². The van der Waals surface area contributed by atoms with Gasteiger partial charge in [0.05, 0.1) is 28.8 Å². The van der Waals surface area contributed by atoms with Crippen molar-refractivity contribution in [3.8, 4) is 23.2 Å². The van der Waals surface area contributed by atoms with Crippen LogP contribution in [0.4, 0.5) is 4.39 Å². The Morgan fingerprint density at radius 3 is 2.79 bits per heavy atom. The maximum Gasteiger partial charge on any atom is 0.251 e. The zero-order valence-corrected chi connectivity index (χ0v) is 18.8. The summed E-state index contributed by atoms with van der Waals surface area (Å²) in [6.45, 7) is 4.15. The highest BCUT2D eigenvalue weighted by atomic mass is 19.1. The minimum atomic E-state index is -0.549. The van der Waals surface area contributed by atoms with Gasteiger partial charge in [0.15, 0.2) is 0 Å². The number of carbonyl (C=O) groups excluding carboxylic acids is 1. The average molecular weight is 458 g/mol. The van der Waals surface area contributed by atoms with Crippen LogP contribution in [0.25, 0.3) is 22.3 Å². The molecular weight excluding hydrogens is 435 g/mol. The molecule has 0 fully saturated rings. The summed E-state index contributed by atoms with van der Waals surface area (Å²) in [4.78, 5) is 28.9. The molecule has 0 unspecified atom stereocenters. The van der Waals surface area contributed by atoms with Crippen molar-refractivity contribution in [2.45, 2.75) is 32.8 Å². The second-order valence-electron chi connectivity index (χ2n) is 7.95. The molecule has 2 heterocycles. The van der Waals surface area contributed by atoms with Crippen LogP contribution in [0.5, 0.6) is 5.88 Å². The lowest BCUT2D eigenvalue weighted by Gasteiger charge is -2.14. The van der Waals surface area contributed by atoms with Gasteiger partial charge in [0.25, 0.3) is 5.91 Å². The van der Waals surface area contributed by atoms with Crippen LogP contribution in [0.3, 0.4) is 0 Å². The molecule has 4 rings (SSSR count). The van der Waals surface area contributed by atoms with Crippen molar-refractivity contribution in [2.24, 2.45) is 0 Å². The first-order valence-corrected chi connectivity index (χ1v) is 10.9. The first kappa shape index (κ1) is 22.9. The number of nitrogens with zero attached hydrogens (tertiary/aromatic N) is 4. The molecule has 9 heteroatoms. The molecule has 0 radical (unpaired) electrons. The maximum absolute atomic E-state index is 14.7. The number of aryl methyl sites for hydroxylation is 1. The molecule has 0 saturated carbocycles. The number of aromatic amines is 1. The van der Waals surface area contributed by atoms with Crippen molar-refractivity contribution in [3.63, 3.8) is 0 Å². The van der Waals surface area contributed by atoms with Gasteiger partial charge in [0, 0.05) is 36.5 Å². The Kier molecular flexibility index (Phi) is 6.78. The number of benzene rings is 2. The summed E-state index contributed by atoms with van der Waals surface area (Å²) in [7, 11) is 0. The number of nitriles is 1. The second-order valence-corrected chi connectivity index (χ2v) is 7.95. The monoisotopic (exact) mass is 458 g/mol. The first-order valence-electron chi connectivity index (χ1n) is 10.9. The summed E-state index contributed by atoms with van der Waals surface area (Å²) in [5.41, 5.74) is 1.90. The van der Waals surface area contributed by atoms with Gasteiger partial charge < -0.3 is 15.0 Å². The molecule has 4 aromatic rings. The Balaban J connectivity index is 1.63. The minimum absolute atomic E-state index is 0.108. The summed E-state index contributed by atoms with van der Waals surface area (Å²) >= 11 is 0. The zero-order valence-electron chi connectivity index (χ0n) is 18.8. The molecule has 2 aromatic carbocycles. The molecule has 0 aliphatic carbocycles. The number of fused-ring (bicyclic) bond motifs is 1. The number of hydrogen-bond acceptors (Lipinski definition) is 6. The van der Waals surface area contributed by atoms with Gasteiger partial charge in [-0.1, -0.05) is 0 Å². The Labute approximate surface area is 195 Å². The molecule has 1 amide bonds. The fourth-order valence-corrected chi connectivity index (χ4v) is 3.43. The second kappa shape index (κ2) is 10.1. The van der Waals surface area contributed by atoms with E-state index in [2.05, 4.69) is 25.3 Å². The molecule has 0 aliphatic heterocycles. The molecule has 2 aromatic heterocycles. The third kappa shape index (κ3) is 5.18. The number of carbonyl (C=O) groups is 1. The first-order chi connectivity index (χ1) is 16.4. The maximum atomic E-state index is 14.7. The molecule has 0 spiro atoms. The van der Waals surface area contributed by atoms with E-state index in [0.717, 1.165) is 18.7 Å². The number of ether oxygens (including phenoxy) is 1. The van der Waals surface area contributed by atoms with Crippen LogP contribution in [0.15, 0.2) is 48.8 Å². The molecular formula is C25H23FN6O2. The van der Waals surface area contributed by atoms with Gasteiger partial charge in [-0.05, 0) is 56.7 Å². The number of hydrogen-bond donors (Lipinski definition) is 2. The van der Waals surface area contributed by atoms with Crippen molar-refractivity contribution in [1.29, 1.82) is 5.26 Å². The normalized spacial score (nSPS) is 10.9. The van der Waals surface area contributed by atoms with Crippen LogP contribution in [-0.2, 0) is 6.42 Å². The van der Waals surface area contributed by atoms with Crippen molar-refractivity contribution < 1.29 is 13.9 Å². The van der Waals surface area contributed by atoms with E-state index >= 15 is 0 Å². The van der Waals surface area contributed by atoms with E-state index in [-0.39, 0.29) is 34.7 Å². The van der Waals surface area contributed by atoms with E-state index < -0.39 is 5.82 Å². The highest BCUT2D eigenvalue weighted by Crippen LogP contribution is 2.32. The summed E-state index contributed by atoms with van der Waals surface area (Å²) in [6.07, 6.45) is 4.70. The predicted octanol–water partition coefficient (Wildman–Crippen LogP) is 4.18. The van der Waals surface area contributed by atoms with E-state index in [0.29, 0.717) is 23.1 Å². The highest BCUT2D eigenvalue weighted by Gasteiger charge is 2.19. The predicted molar refractivity (Wildman–Crippen MR) is 125 cm³/mol. The molecule has 0 atom stereocenters. The minimum Gasteiger partial charge on any atom is -0.473 e. The zero-order chi connectivity index (χ0) is 24.1. The fraction of sp³-hybridized carbons (Fsp3) is 0.240. The van der Waals surface area contributed by atoms with Crippen LogP contribution < -0.4 is 10.1 Å². The van der Waals surface area contributed by atoms with E-state index in [1.54, 1.807) is 30.6 Å². The largest absolute Gasteiger partial charge is 0.473 e. The fourth-order valence-electron chi connectivity index (χ4n) is 3.43.